The van der Waals surface area contributed by atoms with Gasteiger partial charge >= 0.3 is 0 Å². The van der Waals surface area contributed by atoms with Gasteiger partial charge in [0.15, 0.2) is 5.78 Å². The summed E-state index contributed by atoms with van der Waals surface area (Å²) in [6, 6.07) is 13.1. The molecule has 2 nitrogen and oxygen atoms in total. The molecule has 0 saturated heterocycles. The van der Waals surface area contributed by atoms with Gasteiger partial charge in [-0.1, -0.05) is 22.9 Å². The number of halogens is 1. The van der Waals surface area contributed by atoms with E-state index in [1.165, 1.54) is 0 Å². The average Bonchev–Trinajstić information content (AvgIpc) is 2.43. The summed E-state index contributed by atoms with van der Waals surface area (Å²) < 4.78 is 6.81. The van der Waals surface area contributed by atoms with E-state index >= 15 is 0 Å². The molecule has 0 atom stereocenters. The van der Waals surface area contributed by atoms with Crippen molar-refractivity contribution in [3.8, 4) is 11.5 Å². The van der Waals surface area contributed by atoms with Crippen molar-refractivity contribution < 1.29 is 9.53 Å². The zero-order valence-electron chi connectivity index (χ0n) is 10.9. The predicted octanol–water partition coefficient (Wildman–Crippen LogP) is 5.14. The minimum absolute atomic E-state index is 0.144. The summed E-state index contributed by atoms with van der Waals surface area (Å²) >= 11 is 3.46. The van der Waals surface area contributed by atoms with Crippen molar-refractivity contribution in [2.75, 3.05) is 0 Å². The summed E-state index contributed by atoms with van der Waals surface area (Å²) in [5.74, 6) is 1.66. The number of carbonyl (C=O) groups excluding carboxylic acids is 1. The number of ketones is 1. The fourth-order valence-electron chi connectivity index (χ4n) is 1.73. The summed E-state index contributed by atoms with van der Waals surface area (Å²) in [6.07, 6.45) is 0.520. The van der Waals surface area contributed by atoms with Crippen LogP contribution in [0, 0.1) is 6.92 Å². The largest absolute Gasteiger partial charge is 0.457 e. The lowest BCUT2D eigenvalue weighted by Crippen LogP contribution is -1.95. The quantitative estimate of drug-likeness (QED) is 0.729. The molecule has 0 saturated carbocycles. The van der Waals surface area contributed by atoms with Gasteiger partial charge < -0.3 is 4.74 Å². The van der Waals surface area contributed by atoms with E-state index in [2.05, 4.69) is 15.9 Å². The summed E-state index contributed by atoms with van der Waals surface area (Å²) in [4.78, 5) is 11.5. The highest BCUT2D eigenvalue weighted by Gasteiger charge is 2.04. The van der Waals surface area contributed by atoms with E-state index in [1.807, 2.05) is 44.2 Å². The van der Waals surface area contributed by atoms with E-state index in [9.17, 15) is 4.79 Å². The van der Waals surface area contributed by atoms with E-state index < -0.39 is 0 Å². The van der Waals surface area contributed by atoms with Crippen molar-refractivity contribution in [1.29, 1.82) is 0 Å². The van der Waals surface area contributed by atoms with Crippen molar-refractivity contribution in [3.05, 3.63) is 58.1 Å². The Morgan fingerprint density at radius 1 is 1.11 bits per heavy atom. The maximum absolute atomic E-state index is 11.5. The molecule has 0 aliphatic heterocycles. The first-order valence-electron chi connectivity index (χ1n) is 6.17. The molecule has 0 aliphatic rings. The molecule has 3 heteroatoms. The zero-order valence-corrected chi connectivity index (χ0v) is 12.5. The van der Waals surface area contributed by atoms with Crippen LogP contribution in [0.1, 0.15) is 29.3 Å². The van der Waals surface area contributed by atoms with Gasteiger partial charge in [0.1, 0.15) is 11.5 Å². The number of carbonyl (C=O) groups is 1. The first kappa shape index (κ1) is 13.8. The fourth-order valence-corrected chi connectivity index (χ4v) is 1.98. The monoisotopic (exact) mass is 318 g/mol. The lowest BCUT2D eigenvalue weighted by Gasteiger charge is -2.08. The first-order valence-corrected chi connectivity index (χ1v) is 6.96. The fraction of sp³-hybridized carbons (Fsp3) is 0.188. The third-order valence-electron chi connectivity index (χ3n) is 2.86. The summed E-state index contributed by atoms with van der Waals surface area (Å²) in [7, 11) is 0. The van der Waals surface area contributed by atoms with Gasteiger partial charge in [-0.25, -0.2) is 0 Å². The van der Waals surface area contributed by atoms with E-state index in [4.69, 9.17) is 4.74 Å². The van der Waals surface area contributed by atoms with Crippen LogP contribution in [-0.4, -0.2) is 5.78 Å². The highest BCUT2D eigenvalue weighted by Crippen LogP contribution is 2.26. The van der Waals surface area contributed by atoms with Crippen molar-refractivity contribution in [2.45, 2.75) is 20.3 Å². The summed E-state index contributed by atoms with van der Waals surface area (Å²) in [5, 5.41) is 0. The predicted molar refractivity (Wildman–Crippen MR) is 80.0 cm³/mol. The van der Waals surface area contributed by atoms with Gasteiger partial charge in [-0.3, -0.25) is 4.79 Å². The molecule has 0 N–H and O–H groups in total. The van der Waals surface area contributed by atoms with E-state index in [0.717, 1.165) is 27.1 Å². The molecule has 2 aromatic rings. The van der Waals surface area contributed by atoms with Gasteiger partial charge in [0, 0.05) is 16.5 Å². The Bertz CT molecular complexity index is 588. The lowest BCUT2D eigenvalue weighted by molar-refractivity contribution is 0.0988. The van der Waals surface area contributed by atoms with Crippen LogP contribution < -0.4 is 4.74 Å². The highest BCUT2D eigenvalue weighted by atomic mass is 79.9. The van der Waals surface area contributed by atoms with Crippen LogP contribution in [0.2, 0.25) is 0 Å². The Balaban J connectivity index is 2.15. The second kappa shape index (κ2) is 6.02. The molecule has 0 heterocycles. The lowest BCUT2D eigenvalue weighted by atomic mass is 10.1. The zero-order chi connectivity index (χ0) is 13.8. The van der Waals surface area contributed by atoms with E-state index in [-0.39, 0.29) is 5.78 Å². The first-order chi connectivity index (χ1) is 9.10. The Hall–Kier alpha value is -1.61. The van der Waals surface area contributed by atoms with Crippen LogP contribution in [0.5, 0.6) is 11.5 Å². The van der Waals surface area contributed by atoms with Crippen molar-refractivity contribution in [2.24, 2.45) is 0 Å². The standard InChI is InChI=1S/C16H15BrO2/c1-3-16(18)12-4-6-13(7-5-12)19-14-8-9-15(17)11(2)10-14/h4-10H,3H2,1-2H3. The number of hydrogen-bond acceptors (Lipinski definition) is 2. The third-order valence-corrected chi connectivity index (χ3v) is 3.75. The van der Waals surface area contributed by atoms with E-state index in [1.54, 1.807) is 12.1 Å². The Morgan fingerprint density at radius 2 is 1.74 bits per heavy atom. The van der Waals surface area contributed by atoms with Crippen LogP contribution >= 0.6 is 15.9 Å². The van der Waals surface area contributed by atoms with Gasteiger partial charge in [0.05, 0.1) is 0 Å². The Morgan fingerprint density at radius 3 is 2.32 bits per heavy atom. The SMILES string of the molecule is CCC(=O)c1ccc(Oc2ccc(Br)c(C)c2)cc1. The normalized spacial score (nSPS) is 10.3. The molecule has 0 radical (unpaired) electrons. The maximum Gasteiger partial charge on any atom is 0.162 e. The van der Waals surface area contributed by atoms with Crippen LogP contribution in [0.15, 0.2) is 46.9 Å². The van der Waals surface area contributed by atoms with Crippen molar-refractivity contribution in [3.63, 3.8) is 0 Å². The second-order valence-corrected chi connectivity index (χ2v) is 5.17. The molecule has 19 heavy (non-hydrogen) atoms. The van der Waals surface area contributed by atoms with Gasteiger partial charge in [-0.05, 0) is 55.0 Å². The van der Waals surface area contributed by atoms with Gasteiger partial charge in [-0.15, -0.1) is 0 Å². The summed E-state index contributed by atoms with van der Waals surface area (Å²) in [6.45, 7) is 3.87. The van der Waals surface area contributed by atoms with Gasteiger partial charge in [0.25, 0.3) is 0 Å². The Labute approximate surface area is 121 Å². The van der Waals surface area contributed by atoms with Crippen LogP contribution in [0.25, 0.3) is 0 Å². The molecule has 0 spiro atoms. The highest BCUT2D eigenvalue weighted by molar-refractivity contribution is 9.10. The number of rotatable bonds is 4. The smallest absolute Gasteiger partial charge is 0.162 e. The molecule has 2 aromatic carbocycles. The van der Waals surface area contributed by atoms with Crippen molar-refractivity contribution >= 4 is 21.7 Å². The molecular formula is C16H15BrO2. The van der Waals surface area contributed by atoms with E-state index in [0.29, 0.717) is 6.42 Å². The second-order valence-electron chi connectivity index (χ2n) is 4.31. The number of ether oxygens (including phenoxy) is 1. The van der Waals surface area contributed by atoms with Gasteiger partial charge in [-0.2, -0.15) is 0 Å². The molecule has 0 aliphatic carbocycles. The number of benzene rings is 2. The maximum atomic E-state index is 11.5. The topological polar surface area (TPSA) is 26.3 Å². The summed E-state index contributed by atoms with van der Waals surface area (Å²) in [5.41, 5.74) is 1.84. The Kier molecular flexibility index (Phi) is 4.38. The molecule has 0 bridgehead atoms. The van der Waals surface area contributed by atoms with Crippen LogP contribution in [-0.2, 0) is 0 Å². The molecule has 0 amide bonds. The molecule has 0 aromatic heterocycles. The number of Topliss-reactive ketones (excluding diaryl/α,β-unsaturated/α-hetero) is 1. The third kappa shape index (κ3) is 3.44. The minimum Gasteiger partial charge on any atom is -0.457 e. The minimum atomic E-state index is 0.144. The molecule has 0 unspecified atom stereocenters. The van der Waals surface area contributed by atoms with Gasteiger partial charge in [0.2, 0.25) is 0 Å². The van der Waals surface area contributed by atoms with Crippen LogP contribution in [0.4, 0.5) is 0 Å². The van der Waals surface area contributed by atoms with Crippen LogP contribution in [0.3, 0.4) is 0 Å². The average molecular weight is 319 g/mol. The molecule has 2 rings (SSSR count). The number of aryl methyl sites for hydroxylation is 1. The van der Waals surface area contributed by atoms with Crippen molar-refractivity contribution in [1.82, 2.24) is 0 Å². The molecular weight excluding hydrogens is 304 g/mol. The number of hydrogen-bond donors (Lipinski definition) is 0. The molecule has 0 fully saturated rings. The molecule has 98 valence electrons.